The van der Waals surface area contributed by atoms with Gasteiger partial charge >= 0.3 is 0 Å². The van der Waals surface area contributed by atoms with E-state index in [4.69, 9.17) is 0 Å². The Bertz CT molecular complexity index is 637. The van der Waals surface area contributed by atoms with Crippen LogP contribution in [0.4, 0.5) is 4.39 Å². The summed E-state index contributed by atoms with van der Waals surface area (Å²) < 4.78 is 13.5. The van der Waals surface area contributed by atoms with Gasteiger partial charge in [0, 0.05) is 44.7 Å². The number of likely N-dealkylation sites (tertiary alicyclic amines) is 1. The second-order valence-electron chi connectivity index (χ2n) is 7.97. The van der Waals surface area contributed by atoms with Gasteiger partial charge < -0.3 is 10.6 Å². The average molecular weight is 488 g/mol. The number of nitrogens with zero attached hydrogens (tertiary/aromatic N) is 2. The number of nitrogens with one attached hydrogen (secondary N) is 2. The lowest BCUT2D eigenvalue weighted by molar-refractivity contribution is 0.221. The largest absolute Gasteiger partial charge is 0.356 e. The highest BCUT2D eigenvalue weighted by atomic mass is 127. The molecule has 0 aliphatic carbocycles. The van der Waals surface area contributed by atoms with E-state index in [1.807, 2.05) is 6.07 Å². The zero-order chi connectivity index (χ0) is 19.2. The van der Waals surface area contributed by atoms with Crippen molar-refractivity contribution in [1.29, 1.82) is 0 Å². The minimum Gasteiger partial charge on any atom is -0.356 e. The molecule has 0 amide bonds. The number of benzene rings is 1. The predicted octanol–water partition coefficient (Wildman–Crippen LogP) is 3.93. The number of guanidine groups is 1. The molecule has 1 saturated heterocycles. The predicted molar refractivity (Wildman–Crippen MR) is 124 cm³/mol. The van der Waals surface area contributed by atoms with Gasteiger partial charge in [-0.3, -0.25) is 9.89 Å². The van der Waals surface area contributed by atoms with Crippen molar-refractivity contribution >= 4 is 29.9 Å². The Morgan fingerprint density at radius 1 is 1.33 bits per heavy atom. The van der Waals surface area contributed by atoms with E-state index >= 15 is 0 Å². The highest BCUT2D eigenvalue weighted by Gasteiger charge is 2.23. The zero-order valence-electron chi connectivity index (χ0n) is 17.0. The van der Waals surface area contributed by atoms with Crippen LogP contribution in [0, 0.1) is 5.82 Å². The molecule has 152 valence electrons. The van der Waals surface area contributed by atoms with Gasteiger partial charge in [-0.1, -0.05) is 38.1 Å². The first-order chi connectivity index (χ1) is 12.3. The Kier molecular flexibility index (Phi) is 9.73. The first-order valence-electron chi connectivity index (χ1n) is 9.40. The van der Waals surface area contributed by atoms with Gasteiger partial charge in [0.1, 0.15) is 5.82 Å². The quantitative estimate of drug-likeness (QED) is 0.276. The summed E-state index contributed by atoms with van der Waals surface area (Å²) in [7, 11) is 1.79. The highest BCUT2D eigenvalue weighted by molar-refractivity contribution is 14.0. The van der Waals surface area contributed by atoms with Crippen LogP contribution < -0.4 is 10.6 Å². The van der Waals surface area contributed by atoms with Crippen LogP contribution in [0.5, 0.6) is 0 Å². The fourth-order valence-electron chi connectivity index (χ4n) is 3.32. The maximum Gasteiger partial charge on any atom is 0.191 e. The molecule has 1 aromatic rings. The molecule has 0 atom stereocenters. The molecule has 0 aromatic heterocycles. The van der Waals surface area contributed by atoms with E-state index in [2.05, 4.69) is 47.9 Å². The summed E-state index contributed by atoms with van der Waals surface area (Å²) in [6.07, 6.45) is 2.20. The van der Waals surface area contributed by atoms with Gasteiger partial charge in [0.05, 0.1) is 0 Å². The molecule has 6 heteroatoms. The summed E-state index contributed by atoms with van der Waals surface area (Å²) in [6.45, 7) is 14.1. The maximum absolute atomic E-state index is 13.5. The van der Waals surface area contributed by atoms with Crippen molar-refractivity contribution in [3.05, 3.63) is 47.8 Å². The SMILES string of the molecule is C=C(C)CN1CCC(NC(=NC)NCC(C)(C)c2cccc(F)c2)CC1.I. The summed E-state index contributed by atoms with van der Waals surface area (Å²) in [5, 5.41) is 6.94. The molecule has 2 rings (SSSR count). The van der Waals surface area contributed by atoms with Gasteiger partial charge in [-0.25, -0.2) is 4.39 Å². The fourth-order valence-corrected chi connectivity index (χ4v) is 3.32. The molecule has 0 saturated carbocycles. The molecular weight excluding hydrogens is 454 g/mol. The Morgan fingerprint density at radius 2 is 2.00 bits per heavy atom. The van der Waals surface area contributed by atoms with Crippen LogP contribution in [0.1, 0.15) is 39.2 Å². The van der Waals surface area contributed by atoms with E-state index in [9.17, 15) is 4.39 Å². The highest BCUT2D eigenvalue weighted by Crippen LogP contribution is 2.22. The Labute approximate surface area is 180 Å². The van der Waals surface area contributed by atoms with Crippen molar-refractivity contribution in [2.45, 2.75) is 45.1 Å². The lowest BCUT2D eigenvalue weighted by Crippen LogP contribution is -2.50. The van der Waals surface area contributed by atoms with Crippen molar-refractivity contribution in [1.82, 2.24) is 15.5 Å². The number of halogens is 2. The Balaban J connectivity index is 0.00000364. The molecule has 0 radical (unpaired) electrons. The van der Waals surface area contributed by atoms with Gasteiger partial charge in [0.25, 0.3) is 0 Å². The monoisotopic (exact) mass is 488 g/mol. The summed E-state index contributed by atoms with van der Waals surface area (Å²) >= 11 is 0. The average Bonchev–Trinajstić information content (AvgIpc) is 2.59. The summed E-state index contributed by atoms with van der Waals surface area (Å²) in [5.74, 6) is 0.618. The molecule has 0 unspecified atom stereocenters. The third kappa shape index (κ3) is 7.78. The molecular formula is C21H34FIN4. The molecule has 1 aliphatic heterocycles. The Morgan fingerprint density at radius 3 is 2.56 bits per heavy atom. The molecule has 1 aliphatic rings. The summed E-state index contributed by atoms with van der Waals surface area (Å²) in [4.78, 5) is 6.80. The standard InChI is InChI=1S/C21H33FN4.HI/c1-16(2)14-26-11-9-19(10-12-26)25-20(23-5)24-15-21(3,4)17-7-6-8-18(22)13-17;/h6-8,13,19H,1,9-12,14-15H2,2-5H3,(H2,23,24,25);1H. The van der Waals surface area contributed by atoms with E-state index in [0.717, 1.165) is 44.0 Å². The van der Waals surface area contributed by atoms with Crippen molar-refractivity contribution in [3.8, 4) is 0 Å². The van der Waals surface area contributed by atoms with E-state index in [1.165, 1.54) is 11.6 Å². The summed E-state index contributed by atoms with van der Waals surface area (Å²) in [6, 6.07) is 7.25. The van der Waals surface area contributed by atoms with Crippen LogP contribution in [-0.2, 0) is 5.41 Å². The molecule has 0 bridgehead atoms. The van der Waals surface area contributed by atoms with Gasteiger partial charge in [-0.05, 0) is 37.5 Å². The van der Waals surface area contributed by atoms with Crippen LogP contribution in [0.25, 0.3) is 0 Å². The van der Waals surface area contributed by atoms with Crippen molar-refractivity contribution < 1.29 is 4.39 Å². The smallest absolute Gasteiger partial charge is 0.191 e. The van der Waals surface area contributed by atoms with E-state index in [0.29, 0.717) is 12.6 Å². The molecule has 2 N–H and O–H groups in total. The number of hydrogen-bond acceptors (Lipinski definition) is 2. The third-order valence-corrected chi connectivity index (χ3v) is 4.95. The minimum atomic E-state index is -0.195. The number of rotatable bonds is 6. The fraction of sp³-hybridized carbons (Fsp3) is 0.571. The van der Waals surface area contributed by atoms with Crippen LogP contribution in [0.15, 0.2) is 41.4 Å². The van der Waals surface area contributed by atoms with Crippen molar-refractivity contribution in [2.75, 3.05) is 33.2 Å². The van der Waals surface area contributed by atoms with Crippen molar-refractivity contribution in [3.63, 3.8) is 0 Å². The van der Waals surface area contributed by atoms with Gasteiger partial charge in [0.15, 0.2) is 5.96 Å². The number of aliphatic imine (C=N–C) groups is 1. The first-order valence-corrected chi connectivity index (χ1v) is 9.40. The van der Waals surface area contributed by atoms with Gasteiger partial charge in [0.2, 0.25) is 0 Å². The molecule has 1 heterocycles. The van der Waals surface area contributed by atoms with Crippen LogP contribution in [-0.4, -0.2) is 50.1 Å². The normalized spacial score (nSPS) is 16.6. The second-order valence-corrected chi connectivity index (χ2v) is 7.97. The zero-order valence-corrected chi connectivity index (χ0v) is 19.3. The van der Waals surface area contributed by atoms with Crippen LogP contribution >= 0.6 is 24.0 Å². The minimum absolute atomic E-state index is 0. The van der Waals surface area contributed by atoms with E-state index in [1.54, 1.807) is 19.2 Å². The van der Waals surface area contributed by atoms with Gasteiger partial charge in [-0.15, -0.1) is 24.0 Å². The number of hydrogen-bond donors (Lipinski definition) is 2. The molecule has 1 fully saturated rings. The lowest BCUT2D eigenvalue weighted by Gasteiger charge is -2.34. The molecule has 27 heavy (non-hydrogen) atoms. The topological polar surface area (TPSA) is 39.7 Å². The number of piperidine rings is 1. The van der Waals surface area contributed by atoms with Crippen molar-refractivity contribution in [2.24, 2.45) is 4.99 Å². The second kappa shape index (κ2) is 11.0. The lowest BCUT2D eigenvalue weighted by atomic mass is 9.84. The molecule has 0 spiro atoms. The molecule has 1 aromatic carbocycles. The molecule has 4 nitrogen and oxygen atoms in total. The summed E-state index contributed by atoms with van der Waals surface area (Å²) in [5.41, 5.74) is 2.01. The van der Waals surface area contributed by atoms with E-state index in [-0.39, 0.29) is 35.2 Å². The van der Waals surface area contributed by atoms with Crippen LogP contribution in [0.3, 0.4) is 0 Å². The third-order valence-electron chi connectivity index (χ3n) is 4.95. The maximum atomic E-state index is 13.5. The van der Waals surface area contributed by atoms with E-state index < -0.39 is 0 Å². The van der Waals surface area contributed by atoms with Crippen LogP contribution in [0.2, 0.25) is 0 Å². The first kappa shape index (κ1) is 23.9. The van der Waals surface area contributed by atoms with Gasteiger partial charge in [-0.2, -0.15) is 0 Å². The Hall–Kier alpha value is -1.15.